The molecule has 0 amide bonds. The molecule has 4 heteroatoms. The number of nitrogens with zero attached hydrogens (tertiary/aromatic N) is 3. The predicted molar refractivity (Wildman–Crippen MR) is 70.6 cm³/mol. The van der Waals surface area contributed by atoms with Crippen molar-refractivity contribution in [2.45, 2.75) is 32.8 Å². The smallest absolute Gasteiger partial charge is 0.146 e. The van der Waals surface area contributed by atoms with Crippen molar-refractivity contribution >= 4 is 5.82 Å². The molecule has 1 unspecified atom stereocenters. The summed E-state index contributed by atoms with van der Waals surface area (Å²) in [5.41, 5.74) is 1.68. The summed E-state index contributed by atoms with van der Waals surface area (Å²) < 4.78 is 5.69. The molecule has 2 rings (SSSR count). The van der Waals surface area contributed by atoms with Crippen molar-refractivity contribution in [1.82, 2.24) is 4.98 Å². The minimum atomic E-state index is 0.262. The van der Waals surface area contributed by atoms with Crippen LogP contribution in [-0.2, 0) is 4.74 Å². The van der Waals surface area contributed by atoms with Crippen LogP contribution in [0.2, 0.25) is 0 Å². The molecule has 1 saturated heterocycles. The summed E-state index contributed by atoms with van der Waals surface area (Å²) in [5.74, 6) is 0.807. The van der Waals surface area contributed by atoms with E-state index in [0.29, 0.717) is 5.56 Å². The van der Waals surface area contributed by atoms with Gasteiger partial charge in [-0.1, -0.05) is 0 Å². The number of piperidine rings is 1. The lowest BCUT2D eigenvalue weighted by molar-refractivity contribution is 0.0525. The fraction of sp³-hybridized carbons (Fsp3) is 0.571. The number of aromatic nitrogens is 1. The van der Waals surface area contributed by atoms with Gasteiger partial charge in [-0.2, -0.15) is 5.26 Å². The van der Waals surface area contributed by atoms with Crippen molar-refractivity contribution in [2.24, 2.45) is 0 Å². The molecule has 1 atom stereocenters. The van der Waals surface area contributed by atoms with Crippen molar-refractivity contribution < 1.29 is 4.74 Å². The number of anilines is 1. The Bertz CT molecular complexity index is 451. The zero-order chi connectivity index (χ0) is 13.0. The fourth-order valence-electron chi connectivity index (χ4n) is 2.42. The lowest BCUT2D eigenvalue weighted by Crippen LogP contribution is -2.40. The van der Waals surface area contributed by atoms with Crippen LogP contribution < -0.4 is 4.90 Å². The molecule has 0 aromatic carbocycles. The zero-order valence-corrected chi connectivity index (χ0v) is 11.0. The quantitative estimate of drug-likeness (QED) is 0.819. The topological polar surface area (TPSA) is 49.1 Å². The van der Waals surface area contributed by atoms with E-state index in [2.05, 4.69) is 16.0 Å². The van der Waals surface area contributed by atoms with Crippen LogP contribution in [-0.4, -0.2) is 30.8 Å². The molecule has 1 fully saturated rings. The Hall–Kier alpha value is -1.60. The Morgan fingerprint density at radius 1 is 1.61 bits per heavy atom. The average molecular weight is 245 g/mol. The monoisotopic (exact) mass is 245 g/mol. The van der Waals surface area contributed by atoms with E-state index in [-0.39, 0.29) is 6.10 Å². The predicted octanol–water partition coefficient (Wildman–Crippen LogP) is 2.27. The third-order valence-corrected chi connectivity index (χ3v) is 3.33. The number of pyridine rings is 1. The molecule has 1 aliphatic rings. The molecule has 96 valence electrons. The molecule has 0 radical (unpaired) electrons. The molecular weight excluding hydrogens is 226 g/mol. The Kier molecular flexibility index (Phi) is 4.16. The van der Waals surface area contributed by atoms with Crippen LogP contribution >= 0.6 is 0 Å². The third-order valence-electron chi connectivity index (χ3n) is 3.33. The van der Waals surface area contributed by atoms with Gasteiger partial charge in [0.1, 0.15) is 11.9 Å². The largest absolute Gasteiger partial charge is 0.377 e. The van der Waals surface area contributed by atoms with E-state index in [1.54, 1.807) is 6.20 Å². The molecular formula is C14H19N3O. The highest BCUT2D eigenvalue weighted by Gasteiger charge is 2.23. The van der Waals surface area contributed by atoms with Gasteiger partial charge in [-0.05, 0) is 38.3 Å². The van der Waals surface area contributed by atoms with E-state index in [0.717, 1.165) is 43.9 Å². The second-order valence-electron chi connectivity index (χ2n) is 4.60. The first-order valence-electron chi connectivity index (χ1n) is 6.48. The lowest BCUT2D eigenvalue weighted by atomic mass is 10.1. The van der Waals surface area contributed by atoms with E-state index in [4.69, 9.17) is 4.74 Å². The van der Waals surface area contributed by atoms with Crippen LogP contribution in [0, 0.1) is 18.3 Å². The summed E-state index contributed by atoms with van der Waals surface area (Å²) in [4.78, 5) is 6.55. The van der Waals surface area contributed by atoms with Gasteiger partial charge in [-0.25, -0.2) is 4.98 Å². The van der Waals surface area contributed by atoms with Crippen LogP contribution in [0.3, 0.4) is 0 Å². The highest BCUT2D eigenvalue weighted by atomic mass is 16.5. The van der Waals surface area contributed by atoms with Crippen LogP contribution in [0.15, 0.2) is 12.3 Å². The molecule has 4 nitrogen and oxygen atoms in total. The van der Waals surface area contributed by atoms with Gasteiger partial charge >= 0.3 is 0 Å². The van der Waals surface area contributed by atoms with Gasteiger partial charge in [-0.15, -0.1) is 0 Å². The number of nitriles is 1. The van der Waals surface area contributed by atoms with Gasteiger partial charge in [0.05, 0.1) is 11.7 Å². The highest BCUT2D eigenvalue weighted by molar-refractivity contribution is 5.57. The summed E-state index contributed by atoms with van der Waals surface area (Å²) in [6.45, 7) is 6.50. The first kappa shape index (κ1) is 12.8. The standard InChI is InChI=1S/C14H19N3O/c1-3-18-12-5-4-8-17(10-12)14-13(9-15)11(2)6-7-16-14/h6-7,12H,3-5,8,10H2,1-2H3. The number of ether oxygens (including phenoxy) is 1. The summed E-state index contributed by atoms with van der Waals surface area (Å²) in [7, 11) is 0. The summed E-state index contributed by atoms with van der Waals surface area (Å²) >= 11 is 0. The van der Waals surface area contributed by atoms with Gasteiger partial charge in [0, 0.05) is 25.9 Å². The Balaban J connectivity index is 2.21. The van der Waals surface area contributed by atoms with Crippen LogP contribution in [0.4, 0.5) is 5.82 Å². The van der Waals surface area contributed by atoms with E-state index in [1.165, 1.54) is 0 Å². The first-order valence-corrected chi connectivity index (χ1v) is 6.48. The molecule has 1 aromatic rings. The Labute approximate surface area is 108 Å². The Morgan fingerprint density at radius 2 is 2.44 bits per heavy atom. The van der Waals surface area contributed by atoms with Crippen LogP contribution in [0.5, 0.6) is 0 Å². The molecule has 18 heavy (non-hydrogen) atoms. The fourth-order valence-corrected chi connectivity index (χ4v) is 2.42. The summed E-state index contributed by atoms with van der Waals surface area (Å²) in [6.07, 6.45) is 4.22. The maximum Gasteiger partial charge on any atom is 0.146 e. The van der Waals surface area contributed by atoms with E-state index in [9.17, 15) is 5.26 Å². The van der Waals surface area contributed by atoms with E-state index >= 15 is 0 Å². The highest BCUT2D eigenvalue weighted by Crippen LogP contribution is 2.24. The van der Waals surface area contributed by atoms with Crippen molar-refractivity contribution in [3.05, 3.63) is 23.4 Å². The van der Waals surface area contributed by atoms with E-state index in [1.807, 2.05) is 19.9 Å². The minimum absolute atomic E-state index is 0.262. The van der Waals surface area contributed by atoms with Gasteiger partial charge < -0.3 is 9.64 Å². The van der Waals surface area contributed by atoms with Crippen LogP contribution in [0.25, 0.3) is 0 Å². The summed E-state index contributed by atoms with van der Waals surface area (Å²) in [5, 5.41) is 9.25. The van der Waals surface area contributed by atoms with Gasteiger partial charge in [0.25, 0.3) is 0 Å². The van der Waals surface area contributed by atoms with Crippen molar-refractivity contribution in [3.8, 4) is 6.07 Å². The SMILES string of the molecule is CCOC1CCCN(c2nccc(C)c2C#N)C1. The molecule has 1 aromatic heterocycles. The molecule has 0 N–H and O–H groups in total. The molecule has 0 aliphatic carbocycles. The maximum absolute atomic E-state index is 9.25. The molecule has 1 aliphatic heterocycles. The molecule has 0 saturated carbocycles. The molecule has 2 heterocycles. The number of hydrogen-bond donors (Lipinski definition) is 0. The Morgan fingerprint density at radius 3 is 3.17 bits per heavy atom. The number of rotatable bonds is 3. The van der Waals surface area contributed by atoms with Gasteiger partial charge in [0.15, 0.2) is 0 Å². The van der Waals surface area contributed by atoms with Crippen molar-refractivity contribution in [3.63, 3.8) is 0 Å². The maximum atomic E-state index is 9.25. The number of hydrogen-bond acceptors (Lipinski definition) is 4. The minimum Gasteiger partial charge on any atom is -0.377 e. The van der Waals surface area contributed by atoms with E-state index < -0.39 is 0 Å². The first-order chi connectivity index (χ1) is 8.76. The second kappa shape index (κ2) is 5.83. The van der Waals surface area contributed by atoms with Crippen molar-refractivity contribution in [2.75, 3.05) is 24.6 Å². The second-order valence-corrected chi connectivity index (χ2v) is 4.60. The van der Waals surface area contributed by atoms with Crippen molar-refractivity contribution in [1.29, 1.82) is 5.26 Å². The molecule has 0 spiro atoms. The summed E-state index contributed by atoms with van der Waals surface area (Å²) in [6, 6.07) is 4.14. The molecule has 0 bridgehead atoms. The van der Waals surface area contributed by atoms with Gasteiger partial charge in [-0.3, -0.25) is 0 Å². The third kappa shape index (κ3) is 2.62. The van der Waals surface area contributed by atoms with Gasteiger partial charge in [0.2, 0.25) is 0 Å². The zero-order valence-electron chi connectivity index (χ0n) is 11.0. The lowest BCUT2D eigenvalue weighted by Gasteiger charge is -2.33. The normalized spacial score (nSPS) is 19.6. The average Bonchev–Trinajstić information content (AvgIpc) is 2.39. The number of aryl methyl sites for hydroxylation is 1. The van der Waals surface area contributed by atoms with Crippen LogP contribution in [0.1, 0.15) is 30.9 Å².